The Balaban J connectivity index is 4.16. The van der Waals surface area contributed by atoms with Gasteiger partial charge in [0.25, 0.3) is 7.82 Å². The molecule has 0 spiro atoms. The van der Waals surface area contributed by atoms with Crippen LogP contribution in [0.3, 0.4) is 0 Å². The predicted molar refractivity (Wildman–Crippen MR) is 332 cm³/mol. The third kappa shape index (κ3) is 62.1. The van der Waals surface area contributed by atoms with Gasteiger partial charge in [-0.3, -0.25) is 14.2 Å². The summed E-state index contributed by atoms with van der Waals surface area (Å²) in [5, 5.41) is 0. The van der Waals surface area contributed by atoms with Gasteiger partial charge in [-0.1, -0.05) is 259 Å². The van der Waals surface area contributed by atoms with Gasteiger partial charge in [-0.2, -0.15) is 0 Å². The monoisotopic (exact) mass is 1110 g/mol. The second kappa shape index (κ2) is 58.6. The van der Waals surface area contributed by atoms with Crippen LogP contribution in [-0.4, -0.2) is 70.0 Å². The molecule has 0 radical (unpaired) electrons. The van der Waals surface area contributed by atoms with Crippen molar-refractivity contribution in [3.8, 4) is 0 Å². The Bertz CT molecular complexity index is 1640. The van der Waals surface area contributed by atoms with Crippen LogP contribution in [0.2, 0.25) is 0 Å². The Morgan fingerprint density at radius 2 is 0.731 bits per heavy atom. The van der Waals surface area contributed by atoms with E-state index in [1.807, 2.05) is 21.1 Å². The van der Waals surface area contributed by atoms with E-state index >= 15 is 0 Å². The van der Waals surface area contributed by atoms with Crippen molar-refractivity contribution in [2.75, 3.05) is 47.5 Å². The van der Waals surface area contributed by atoms with E-state index < -0.39 is 26.5 Å². The summed E-state index contributed by atoms with van der Waals surface area (Å²) < 4.78 is 34.2. The molecule has 0 bridgehead atoms. The molecule has 0 rings (SSSR count). The van der Waals surface area contributed by atoms with Gasteiger partial charge in [0.1, 0.15) is 19.8 Å². The van der Waals surface area contributed by atoms with Gasteiger partial charge in [0, 0.05) is 12.8 Å². The molecule has 10 heteroatoms. The minimum Gasteiger partial charge on any atom is -0.756 e. The minimum absolute atomic E-state index is 0.0371. The van der Waals surface area contributed by atoms with Gasteiger partial charge < -0.3 is 27.9 Å². The molecular weight excluding hydrogens is 990 g/mol. The molecule has 0 fully saturated rings. The number of phosphoric acid groups is 1. The van der Waals surface area contributed by atoms with Crippen LogP contribution in [0, 0.1) is 0 Å². The summed E-state index contributed by atoms with van der Waals surface area (Å²) >= 11 is 0. The van der Waals surface area contributed by atoms with E-state index in [4.69, 9.17) is 18.5 Å². The van der Waals surface area contributed by atoms with Crippen molar-refractivity contribution >= 4 is 19.8 Å². The summed E-state index contributed by atoms with van der Waals surface area (Å²) in [5.41, 5.74) is 0. The lowest BCUT2D eigenvalue weighted by Crippen LogP contribution is -2.37. The highest BCUT2D eigenvalue weighted by molar-refractivity contribution is 7.45. The van der Waals surface area contributed by atoms with E-state index in [1.54, 1.807) is 0 Å². The van der Waals surface area contributed by atoms with Crippen molar-refractivity contribution in [2.45, 2.75) is 277 Å². The van der Waals surface area contributed by atoms with Gasteiger partial charge in [-0.05, 0) is 96.3 Å². The number of nitrogens with zero attached hydrogens (tertiary/aromatic N) is 1. The number of rotatable bonds is 58. The van der Waals surface area contributed by atoms with Crippen molar-refractivity contribution in [2.24, 2.45) is 0 Å². The second-order valence-electron chi connectivity index (χ2n) is 22.4. The number of carbonyl (C=O) groups excluding carboxylic acids is 2. The number of phosphoric ester groups is 1. The van der Waals surface area contributed by atoms with Crippen molar-refractivity contribution in [3.63, 3.8) is 0 Å². The number of unbranched alkanes of at least 4 members (excludes halogenated alkanes) is 28. The van der Waals surface area contributed by atoms with Gasteiger partial charge >= 0.3 is 11.9 Å². The predicted octanol–water partition coefficient (Wildman–Crippen LogP) is 19.7. The summed E-state index contributed by atoms with van der Waals surface area (Å²) in [6, 6.07) is 0. The van der Waals surface area contributed by atoms with Gasteiger partial charge in [0.15, 0.2) is 6.10 Å². The topological polar surface area (TPSA) is 111 Å². The number of esters is 2. The van der Waals surface area contributed by atoms with Crippen LogP contribution in [0.4, 0.5) is 0 Å². The van der Waals surface area contributed by atoms with Crippen LogP contribution in [-0.2, 0) is 32.7 Å². The summed E-state index contributed by atoms with van der Waals surface area (Å²) in [4.78, 5) is 38.0. The lowest BCUT2D eigenvalue weighted by Gasteiger charge is -2.28. The fourth-order valence-corrected chi connectivity index (χ4v) is 9.42. The SMILES string of the molecule is CC/C=C\C/C=C\C/C=C\C/C=C\C/C=C\C/C=C\C/C=C\CCCCCCCCCC(=O)OC(COC(=O)CCCCCCCCCCCCCCC/C=C\CCCCCCCCCC)COP(=O)([O-])OCC[N+](C)(C)C. The van der Waals surface area contributed by atoms with E-state index in [0.29, 0.717) is 17.4 Å². The molecule has 78 heavy (non-hydrogen) atoms. The zero-order valence-electron chi connectivity index (χ0n) is 51.1. The number of carbonyl (C=O) groups is 2. The molecule has 0 aromatic carbocycles. The number of quaternary nitrogens is 1. The third-order valence-electron chi connectivity index (χ3n) is 13.6. The first kappa shape index (κ1) is 74.9. The van der Waals surface area contributed by atoms with E-state index in [-0.39, 0.29) is 32.0 Å². The van der Waals surface area contributed by atoms with Crippen LogP contribution in [0.5, 0.6) is 0 Å². The van der Waals surface area contributed by atoms with E-state index in [2.05, 4.69) is 111 Å². The zero-order chi connectivity index (χ0) is 57.0. The summed E-state index contributed by atoms with van der Waals surface area (Å²) in [7, 11) is 1.15. The van der Waals surface area contributed by atoms with Gasteiger partial charge in [0.2, 0.25) is 0 Å². The molecule has 0 amide bonds. The second-order valence-corrected chi connectivity index (χ2v) is 23.8. The smallest absolute Gasteiger partial charge is 0.306 e. The lowest BCUT2D eigenvalue weighted by molar-refractivity contribution is -0.870. The number of ether oxygens (including phenoxy) is 2. The fraction of sp³-hybridized carbons (Fsp3) is 0.735. The van der Waals surface area contributed by atoms with Gasteiger partial charge in [0.05, 0.1) is 27.7 Å². The first-order valence-electron chi connectivity index (χ1n) is 31.9. The maximum Gasteiger partial charge on any atom is 0.306 e. The van der Waals surface area contributed by atoms with Crippen LogP contribution in [0.1, 0.15) is 271 Å². The molecule has 0 heterocycles. The Hall–Kier alpha value is -3.07. The van der Waals surface area contributed by atoms with Crippen LogP contribution in [0.25, 0.3) is 0 Å². The van der Waals surface area contributed by atoms with E-state index in [0.717, 1.165) is 89.9 Å². The maximum absolute atomic E-state index is 12.8. The number of hydrogen-bond donors (Lipinski definition) is 0. The highest BCUT2D eigenvalue weighted by atomic mass is 31.2. The normalized spacial score (nSPS) is 13.9. The fourth-order valence-electron chi connectivity index (χ4n) is 8.69. The molecule has 2 unspecified atom stereocenters. The Morgan fingerprint density at radius 1 is 0.410 bits per heavy atom. The Morgan fingerprint density at radius 3 is 1.10 bits per heavy atom. The molecule has 2 atom stereocenters. The molecular formula is C68H120NO8P. The highest BCUT2D eigenvalue weighted by Crippen LogP contribution is 2.38. The number of hydrogen-bond acceptors (Lipinski definition) is 8. The summed E-state index contributed by atoms with van der Waals surface area (Å²) in [6.07, 6.45) is 80.3. The number of likely N-dealkylation sites (N-methyl/N-ethyl adjacent to an activating group) is 1. The average molecular weight is 1110 g/mol. The van der Waals surface area contributed by atoms with Crippen molar-refractivity contribution in [1.82, 2.24) is 0 Å². The molecule has 0 aliphatic carbocycles. The molecule has 0 N–H and O–H groups in total. The third-order valence-corrected chi connectivity index (χ3v) is 14.6. The van der Waals surface area contributed by atoms with E-state index in [9.17, 15) is 19.0 Å². The Labute approximate surface area is 481 Å². The quantitative estimate of drug-likeness (QED) is 0.0195. The lowest BCUT2D eigenvalue weighted by atomic mass is 10.0. The largest absolute Gasteiger partial charge is 0.756 e. The first-order chi connectivity index (χ1) is 38.0. The summed E-state index contributed by atoms with van der Waals surface area (Å²) in [5.74, 6) is -0.844. The molecule has 0 aliphatic rings. The van der Waals surface area contributed by atoms with Gasteiger partial charge in [-0.15, -0.1) is 0 Å². The van der Waals surface area contributed by atoms with Gasteiger partial charge in [-0.25, -0.2) is 0 Å². The molecule has 450 valence electrons. The highest BCUT2D eigenvalue weighted by Gasteiger charge is 2.22. The van der Waals surface area contributed by atoms with Crippen LogP contribution in [0.15, 0.2) is 97.2 Å². The molecule has 0 saturated carbocycles. The summed E-state index contributed by atoms with van der Waals surface area (Å²) in [6.45, 7) is 4.13. The van der Waals surface area contributed by atoms with Crippen LogP contribution >= 0.6 is 7.82 Å². The number of allylic oxidation sites excluding steroid dienone is 16. The van der Waals surface area contributed by atoms with Crippen molar-refractivity contribution < 1.29 is 42.1 Å². The zero-order valence-corrected chi connectivity index (χ0v) is 52.0. The van der Waals surface area contributed by atoms with Crippen molar-refractivity contribution in [3.05, 3.63) is 97.2 Å². The molecule has 0 saturated heterocycles. The first-order valence-corrected chi connectivity index (χ1v) is 33.4. The molecule has 0 aromatic heterocycles. The Kier molecular flexibility index (Phi) is 56.3. The maximum atomic E-state index is 12.8. The minimum atomic E-state index is -4.65. The standard InChI is InChI=1S/C68H120NO8P/c1-6-8-10-12-14-16-18-20-22-24-26-28-30-32-33-34-35-37-39-41-43-45-47-49-51-53-55-57-59-61-68(71)77-66(65-76-78(72,73)75-63-62-69(3,4)5)64-74-67(70)60-58-56-54-52-50-48-46-44-42-40-38-36-31-29-27-25-23-21-19-17-15-13-11-9-7-2/h8,10,14,16,20,22,25-28,32-33,35,37,41,43,66H,6-7,9,11-13,15,17-19,21,23-24,29-31,34,36,38-40,42,44-65H2,1-5H3/b10-8-,16-14-,22-20-,27-25-,28-26-,33-32-,37-35-,43-41-. The van der Waals surface area contributed by atoms with E-state index in [1.165, 1.54) is 148 Å². The molecule has 0 aliphatic heterocycles. The molecule has 0 aromatic rings. The molecule has 9 nitrogen and oxygen atoms in total. The van der Waals surface area contributed by atoms with Crippen molar-refractivity contribution in [1.29, 1.82) is 0 Å². The average Bonchev–Trinajstić information content (AvgIpc) is 3.41. The van der Waals surface area contributed by atoms with Crippen LogP contribution < -0.4 is 4.89 Å².